The molecule has 0 saturated heterocycles. The van der Waals surface area contributed by atoms with E-state index in [1.165, 1.54) is 24.3 Å². The second-order valence-corrected chi connectivity index (χ2v) is 7.06. The van der Waals surface area contributed by atoms with Crippen LogP contribution >= 0.6 is 0 Å². The number of methoxy groups -OCH3 is 1. The fourth-order valence-corrected chi connectivity index (χ4v) is 2.73. The van der Waals surface area contributed by atoms with Crippen LogP contribution in [0.3, 0.4) is 0 Å². The van der Waals surface area contributed by atoms with Gasteiger partial charge in [-0.2, -0.15) is 15.0 Å². The number of nitrogen functional groups attached to an aromatic ring is 1. The number of hydrogen-bond acceptors (Lipinski definition) is 10. The molecule has 0 amide bonds. The van der Waals surface area contributed by atoms with Gasteiger partial charge in [-0.3, -0.25) is 5.43 Å². The number of nitrogens with zero attached hydrogens (tertiary/aromatic N) is 3. The molecule has 0 aliphatic rings. The number of aromatic nitrogens is 3. The average Bonchev–Trinajstić information content (AvgIpc) is 2.68. The van der Waals surface area contributed by atoms with E-state index < -0.39 is 10.0 Å². The Labute approximate surface area is 161 Å². The summed E-state index contributed by atoms with van der Waals surface area (Å²) in [6.45, 7) is 0. The van der Waals surface area contributed by atoms with Crippen LogP contribution < -0.4 is 31.8 Å². The van der Waals surface area contributed by atoms with Crippen LogP contribution in [0.1, 0.15) is 0 Å². The monoisotopic (exact) mass is 402 g/mol. The van der Waals surface area contributed by atoms with Crippen molar-refractivity contribution in [3.8, 4) is 5.75 Å². The highest BCUT2D eigenvalue weighted by atomic mass is 32.2. The molecule has 146 valence electrons. The van der Waals surface area contributed by atoms with E-state index in [2.05, 4.69) is 31.0 Å². The molecule has 0 atom stereocenters. The minimum atomic E-state index is -3.76. The molecule has 0 aliphatic heterocycles. The SMILES string of the molecule is COc1ccc(Nc2nc(NN)nc(Nc3ccc(S(N)(=O)=O)cc3)n2)cc1. The molecule has 0 fully saturated rings. The van der Waals surface area contributed by atoms with Crippen molar-refractivity contribution in [1.29, 1.82) is 0 Å². The average molecular weight is 402 g/mol. The van der Waals surface area contributed by atoms with Crippen LogP contribution in [-0.4, -0.2) is 30.5 Å². The lowest BCUT2D eigenvalue weighted by Crippen LogP contribution is -2.14. The number of hydrazine groups is 1. The summed E-state index contributed by atoms with van der Waals surface area (Å²) in [5, 5.41) is 11.1. The van der Waals surface area contributed by atoms with Gasteiger partial charge in [0.05, 0.1) is 12.0 Å². The first-order chi connectivity index (χ1) is 13.4. The topological polar surface area (TPSA) is 170 Å². The van der Waals surface area contributed by atoms with Gasteiger partial charge in [0.15, 0.2) is 0 Å². The van der Waals surface area contributed by atoms with Crippen molar-refractivity contribution in [1.82, 2.24) is 15.0 Å². The maximum atomic E-state index is 11.3. The van der Waals surface area contributed by atoms with Gasteiger partial charge in [-0.15, -0.1) is 0 Å². The van der Waals surface area contributed by atoms with Crippen molar-refractivity contribution in [2.45, 2.75) is 4.90 Å². The van der Waals surface area contributed by atoms with Crippen LogP contribution in [0.25, 0.3) is 0 Å². The summed E-state index contributed by atoms with van der Waals surface area (Å²) >= 11 is 0. The second kappa shape index (κ2) is 8.04. The Morgan fingerprint density at radius 1 is 0.821 bits per heavy atom. The minimum Gasteiger partial charge on any atom is -0.497 e. The molecule has 7 N–H and O–H groups in total. The Bertz CT molecular complexity index is 1060. The molecule has 12 heteroatoms. The van der Waals surface area contributed by atoms with Gasteiger partial charge in [0.25, 0.3) is 0 Å². The van der Waals surface area contributed by atoms with Gasteiger partial charge >= 0.3 is 0 Å². The predicted molar refractivity (Wildman–Crippen MR) is 105 cm³/mol. The number of benzene rings is 2. The summed E-state index contributed by atoms with van der Waals surface area (Å²) in [4.78, 5) is 12.5. The van der Waals surface area contributed by atoms with Gasteiger partial charge in [0.2, 0.25) is 27.9 Å². The van der Waals surface area contributed by atoms with E-state index in [9.17, 15) is 8.42 Å². The van der Waals surface area contributed by atoms with Gasteiger partial charge < -0.3 is 15.4 Å². The third-order valence-electron chi connectivity index (χ3n) is 3.55. The molecule has 0 radical (unpaired) electrons. The van der Waals surface area contributed by atoms with Crippen molar-refractivity contribution in [2.24, 2.45) is 11.0 Å². The number of primary sulfonamides is 1. The normalized spacial score (nSPS) is 11.0. The molecular weight excluding hydrogens is 384 g/mol. The summed E-state index contributed by atoms with van der Waals surface area (Å²) in [6, 6.07) is 13.0. The van der Waals surface area contributed by atoms with Crippen molar-refractivity contribution in [3.05, 3.63) is 48.5 Å². The molecular formula is C16H18N8O3S. The molecule has 0 saturated carbocycles. The van der Waals surface area contributed by atoms with Gasteiger partial charge in [-0.1, -0.05) is 0 Å². The summed E-state index contributed by atoms with van der Waals surface area (Å²) in [5.74, 6) is 6.72. The molecule has 1 heterocycles. The largest absolute Gasteiger partial charge is 0.497 e. The number of ether oxygens (including phenoxy) is 1. The van der Waals surface area contributed by atoms with E-state index in [1.54, 1.807) is 31.4 Å². The van der Waals surface area contributed by atoms with Crippen molar-refractivity contribution < 1.29 is 13.2 Å². The quantitative estimate of drug-likeness (QED) is 0.286. The number of nitrogens with two attached hydrogens (primary N) is 2. The van der Waals surface area contributed by atoms with Gasteiger partial charge in [0, 0.05) is 11.4 Å². The van der Waals surface area contributed by atoms with Crippen molar-refractivity contribution >= 4 is 39.2 Å². The third kappa shape index (κ3) is 4.82. The first kappa shape index (κ1) is 19.3. The van der Waals surface area contributed by atoms with Crippen molar-refractivity contribution in [2.75, 3.05) is 23.2 Å². The molecule has 0 unspecified atom stereocenters. The number of rotatable bonds is 7. The molecule has 3 rings (SSSR count). The highest BCUT2D eigenvalue weighted by molar-refractivity contribution is 7.89. The lowest BCUT2D eigenvalue weighted by atomic mass is 10.3. The Morgan fingerprint density at radius 2 is 1.29 bits per heavy atom. The fraction of sp³-hybridized carbons (Fsp3) is 0.0625. The van der Waals surface area contributed by atoms with E-state index >= 15 is 0 Å². The standard InChI is InChI=1S/C16H18N8O3S/c1-27-12-6-2-10(3-7-12)19-14-21-15(23-16(22-14)24-17)20-11-4-8-13(9-5-11)28(18,25)26/h2-9H,17H2,1H3,(H2,18,25,26)(H3,19,20,21,22,23,24). The summed E-state index contributed by atoms with van der Waals surface area (Å²) in [7, 11) is -2.18. The summed E-state index contributed by atoms with van der Waals surface area (Å²) in [5.41, 5.74) is 3.66. The zero-order valence-corrected chi connectivity index (χ0v) is 15.6. The van der Waals surface area contributed by atoms with E-state index in [0.717, 1.165) is 11.4 Å². The number of nitrogens with one attached hydrogen (secondary N) is 3. The third-order valence-corrected chi connectivity index (χ3v) is 4.48. The van der Waals surface area contributed by atoms with E-state index in [1.807, 2.05) is 0 Å². The highest BCUT2D eigenvalue weighted by Crippen LogP contribution is 2.21. The molecule has 0 bridgehead atoms. The number of sulfonamides is 1. The highest BCUT2D eigenvalue weighted by Gasteiger charge is 2.09. The molecule has 11 nitrogen and oxygen atoms in total. The van der Waals surface area contributed by atoms with Gasteiger partial charge in [0.1, 0.15) is 5.75 Å². The minimum absolute atomic E-state index is 0.000118. The number of hydrogen-bond donors (Lipinski definition) is 5. The van der Waals surface area contributed by atoms with Crippen LogP contribution in [0.15, 0.2) is 53.4 Å². The first-order valence-electron chi connectivity index (χ1n) is 7.91. The van der Waals surface area contributed by atoms with Crippen molar-refractivity contribution in [3.63, 3.8) is 0 Å². The van der Waals surface area contributed by atoms with E-state index in [0.29, 0.717) is 5.69 Å². The molecule has 0 aliphatic carbocycles. The molecule has 28 heavy (non-hydrogen) atoms. The van der Waals surface area contributed by atoms with Crippen LogP contribution in [0.5, 0.6) is 5.75 Å². The van der Waals surface area contributed by atoms with Crippen LogP contribution in [0.4, 0.5) is 29.2 Å². The lowest BCUT2D eigenvalue weighted by molar-refractivity contribution is 0.415. The number of anilines is 5. The Hall–Kier alpha value is -3.48. The fourth-order valence-electron chi connectivity index (χ4n) is 2.21. The predicted octanol–water partition coefficient (Wildman–Crippen LogP) is 1.30. The molecule has 0 spiro atoms. The van der Waals surface area contributed by atoms with Gasteiger partial charge in [-0.25, -0.2) is 19.4 Å². The maximum absolute atomic E-state index is 11.3. The van der Waals surface area contributed by atoms with E-state index in [-0.39, 0.29) is 22.7 Å². The lowest BCUT2D eigenvalue weighted by Gasteiger charge is -2.10. The second-order valence-electron chi connectivity index (χ2n) is 5.50. The molecule has 1 aromatic heterocycles. The Kier molecular flexibility index (Phi) is 5.54. The van der Waals surface area contributed by atoms with Crippen LogP contribution in [0, 0.1) is 0 Å². The zero-order valence-electron chi connectivity index (χ0n) is 14.7. The van der Waals surface area contributed by atoms with Crippen LogP contribution in [0.2, 0.25) is 0 Å². The molecule has 2 aromatic carbocycles. The summed E-state index contributed by atoms with van der Waals surface area (Å²) < 4.78 is 27.8. The van der Waals surface area contributed by atoms with Gasteiger partial charge in [-0.05, 0) is 48.5 Å². The summed E-state index contributed by atoms with van der Waals surface area (Å²) in [6.07, 6.45) is 0. The smallest absolute Gasteiger partial charge is 0.243 e. The Morgan fingerprint density at radius 3 is 1.71 bits per heavy atom. The zero-order chi connectivity index (χ0) is 20.1. The Balaban J connectivity index is 1.82. The molecule has 3 aromatic rings. The first-order valence-corrected chi connectivity index (χ1v) is 9.45. The van der Waals surface area contributed by atoms with E-state index in [4.69, 9.17) is 15.7 Å². The maximum Gasteiger partial charge on any atom is 0.243 e. The van der Waals surface area contributed by atoms with Crippen LogP contribution in [-0.2, 0) is 10.0 Å².